The summed E-state index contributed by atoms with van der Waals surface area (Å²) >= 11 is 0. The second-order valence-corrected chi connectivity index (χ2v) is 13.7. The molecule has 0 aromatic rings. The molecule has 1 amide bonds. The monoisotopic (exact) mass is 701 g/mol. The smallest absolute Gasteiger partial charge is 0.326 e. The van der Waals surface area contributed by atoms with Crippen LogP contribution in [-0.4, -0.2) is 41.6 Å². The van der Waals surface area contributed by atoms with E-state index in [1.807, 2.05) is 6.08 Å². The average Bonchev–Trinajstić information content (AvgIpc) is 3.10. The lowest BCUT2D eigenvalue weighted by Gasteiger charge is -2.15. The van der Waals surface area contributed by atoms with Crippen LogP contribution in [0.25, 0.3) is 0 Å². The molecule has 0 heterocycles. The number of rotatable bonds is 36. The number of carbonyl (C=O) groups is 3. The number of esters is 1. The summed E-state index contributed by atoms with van der Waals surface area (Å²) < 4.78 is 5.87. The van der Waals surface area contributed by atoms with Crippen molar-refractivity contribution in [3.8, 4) is 0 Å². The molecule has 0 aromatic carbocycles. The van der Waals surface area contributed by atoms with Crippen molar-refractivity contribution in [2.24, 2.45) is 5.73 Å². The number of amides is 1. The molecule has 0 saturated heterocycles. The van der Waals surface area contributed by atoms with Gasteiger partial charge in [-0.2, -0.15) is 0 Å². The van der Waals surface area contributed by atoms with Crippen LogP contribution in [0.3, 0.4) is 0 Å². The molecule has 0 aliphatic carbocycles. The molecule has 2 unspecified atom stereocenters. The molecule has 7 heteroatoms. The SMILES string of the molecule is CCC/C=C\C/C=C\C(CCCCCCC(=O)NC(CCCN)C(=O)O)OC(=O)CCCCCCCCCCC/C=C\C/C=C\CCCCC. The number of ether oxygens (including phenoxy) is 1. The van der Waals surface area contributed by atoms with Crippen molar-refractivity contribution >= 4 is 17.8 Å². The van der Waals surface area contributed by atoms with Gasteiger partial charge in [-0.1, -0.05) is 133 Å². The Labute approximate surface area is 307 Å². The van der Waals surface area contributed by atoms with Crippen molar-refractivity contribution in [2.45, 2.75) is 199 Å². The number of hydrogen-bond acceptors (Lipinski definition) is 5. The van der Waals surface area contributed by atoms with E-state index < -0.39 is 12.0 Å². The van der Waals surface area contributed by atoms with Gasteiger partial charge in [-0.05, 0) is 96.1 Å². The van der Waals surface area contributed by atoms with E-state index in [1.165, 1.54) is 77.0 Å². The van der Waals surface area contributed by atoms with Gasteiger partial charge in [0.05, 0.1) is 0 Å². The maximum atomic E-state index is 12.7. The third-order valence-electron chi connectivity index (χ3n) is 8.83. The van der Waals surface area contributed by atoms with E-state index in [2.05, 4.69) is 61.7 Å². The molecule has 0 radical (unpaired) electrons. The van der Waals surface area contributed by atoms with Gasteiger partial charge in [-0.25, -0.2) is 4.79 Å². The third-order valence-corrected chi connectivity index (χ3v) is 8.83. The number of carbonyl (C=O) groups excluding carboxylic acids is 2. The molecule has 0 aliphatic rings. The van der Waals surface area contributed by atoms with Gasteiger partial charge >= 0.3 is 11.9 Å². The van der Waals surface area contributed by atoms with Crippen LogP contribution in [0.2, 0.25) is 0 Å². The summed E-state index contributed by atoms with van der Waals surface area (Å²) in [6, 6.07) is -0.874. The lowest BCUT2D eigenvalue weighted by molar-refractivity contribution is -0.147. The van der Waals surface area contributed by atoms with Crippen LogP contribution < -0.4 is 11.1 Å². The van der Waals surface area contributed by atoms with E-state index in [0.29, 0.717) is 38.6 Å². The molecule has 0 saturated carbocycles. The molecule has 0 fully saturated rings. The predicted molar refractivity (Wildman–Crippen MR) is 211 cm³/mol. The Morgan fingerprint density at radius 1 is 0.600 bits per heavy atom. The molecule has 0 aromatic heterocycles. The summed E-state index contributed by atoms with van der Waals surface area (Å²) in [6.45, 7) is 4.81. The van der Waals surface area contributed by atoms with Crippen molar-refractivity contribution in [1.29, 1.82) is 0 Å². The predicted octanol–water partition coefficient (Wildman–Crippen LogP) is 11.2. The van der Waals surface area contributed by atoms with Crippen LogP contribution >= 0.6 is 0 Å². The van der Waals surface area contributed by atoms with Gasteiger partial charge in [0.15, 0.2) is 0 Å². The fourth-order valence-corrected chi connectivity index (χ4v) is 5.73. The van der Waals surface area contributed by atoms with Gasteiger partial charge in [-0.3, -0.25) is 9.59 Å². The van der Waals surface area contributed by atoms with E-state index in [4.69, 9.17) is 10.5 Å². The zero-order valence-electron chi connectivity index (χ0n) is 32.2. The van der Waals surface area contributed by atoms with Crippen molar-refractivity contribution in [3.05, 3.63) is 48.6 Å². The summed E-state index contributed by atoms with van der Waals surface area (Å²) in [5.74, 6) is -1.36. The van der Waals surface area contributed by atoms with Crippen LogP contribution in [0.1, 0.15) is 187 Å². The van der Waals surface area contributed by atoms with Gasteiger partial charge in [0.25, 0.3) is 0 Å². The number of unbranched alkanes of at least 4 members (excludes halogenated alkanes) is 16. The Hall–Kier alpha value is -2.67. The lowest BCUT2D eigenvalue weighted by Crippen LogP contribution is -2.40. The summed E-state index contributed by atoms with van der Waals surface area (Å²) in [7, 11) is 0. The third kappa shape index (κ3) is 33.8. The van der Waals surface area contributed by atoms with E-state index in [1.54, 1.807) is 0 Å². The van der Waals surface area contributed by atoms with E-state index >= 15 is 0 Å². The fourth-order valence-electron chi connectivity index (χ4n) is 5.73. The second-order valence-electron chi connectivity index (χ2n) is 13.7. The minimum atomic E-state index is -1.02. The van der Waals surface area contributed by atoms with Gasteiger partial charge in [0.2, 0.25) is 5.91 Å². The largest absolute Gasteiger partial charge is 0.480 e. The molecular weight excluding hydrogens is 624 g/mol. The molecule has 0 aliphatic heterocycles. The standard InChI is InChI=1S/C43H76N2O5/c1-3-5-7-9-11-12-13-14-15-16-17-18-19-20-21-22-23-25-31-37-42(47)50-39(33-28-24-10-8-6-4-2)34-29-26-27-30-36-41(46)45-40(43(48)49)35-32-38-44/h8,10-12,14-15,28,33,39-40H,3-7,9,13,16-27,29-32,34-38,44H2,1-2H3,(H,45,46)(H,48,49)/b10-8-,12-11-,15-14-,33-28-. The normalized spacial score (nSPS) is 13.2. The van der Waals surface area contributed by atoms with Gasteiger partial charge in [-0.15, -0.1) is 0 Å². The van der Waals surface area contributed by atoms with Crippen LogP contribution in [0, 0.1) is 0 Å². The molecule has 288 valence electrons. The Morgan fingerprint density at radius 3 is 1.74 bits per heavy atom. The summed E-state index contributed by atoms with van der Waals surface area (Å²) in [5, 5.41) is 11.9. The Balaban J connectivity index is 4.14. The van der Waals surface area contributed by atoms with E-state index in [9.17, 15) is 19.5 Å². The highest BCUT2D eigenvalue weighted by atomic mass is 16.5. The Bertz CT molecular complexity index is 926. The molecule has 0 bridgehead atoms. The lowest BCUT2D eigenvalue weighted by atomic mass is 10.1. The van der Waals surface area contributed by atoms with Crippen LogP contribution in [0.5, 0.6) is 0 Å². The number of carboxylic acids is 1. The van der Waals surface area contributed by atoms with Crippen molar-refractivity contribution in [3.63, 3.8) is 0 Å². The van der Waals surface area contributed by atoms with Gasteiger partial charge in [0, 0.05) is 12.8 Å². The highest BCUT2D eigenvalue weighted by Crippen LogP contribution is 2.15. The number of nitrogens with one attached hydrogen (secondary N) is 1. The highest BCUT2D eigenvalue weighted by molar-refractivity contribution is 5.83. The zero-order chi connectivity index (χ0) is 36.8. The van der Waals surface area contributed by atoms with Crippen molar-refractivity contribution in [1.82, 2.24) is 5.32 Å². The second kappa shape index (κ2) is 37.6. The van der Waals surface area contributed by atoms with Crippen LogP contribution in [0.4, 0.5) is 0 Å². The van der Waals surface area contributed by atoms with E-state index in [-0.39, 0.29) is 18.0 Å². The first kappa shape index (κ1) is 47.3. The molecule has 50 heavy (non-hydrogen) atoms. The molecule has 7 nitrogen and oxygen atoms in total. The van der Waals surface area contributed by atoms with Crippen molar-refractivity contribution < 1.29 is 24.2 Å². The van der Waals surface area contributed by atoms with Gasteiger partial charge in [0.1, 0.15) is 12.1 Å². The van der Waals surface area contributed by atoms with Crippen molar-refractivity contribution in [2.75, 3.05) is 6.54 Å². The summed E-state index contributed by atoms with van der Waals surface area (Å²) in [5.41, 5.74) is 5.47. The quantitative estimate of drug-likeness (QED) is 0.0340. The number of allylic oxidation sites excluding steroid dienone is 7. The number of nitrogens with two attached hydrogens (primary N) is 1. The maximum Gasteiger partial charge on any atom is 0.326 e. The van der Waals surface area contributed by atoms with Gasteiger partial charge < -0.3 is 20.9 Å². The van der Waals surface area contributed by atoms with Crippen LogP contribution in [-0.2, 0) is 19.1 Å². The highest BCUT2D eigenvalue weighted by Gasteiger charge is 2.19. The Morgan fingerprint density at radius 2 is 1.14 bits per heavy atom. The summed E-state index contributed by atoms with van der Waals surface area (Å²) in [4.78, 5) is 36.2. The zero-order valence-corrected chi connectivity index (χ0v) is 32.2. The minimum Gasteiger partial charge on any atom is -0.480 e. The average molecular weight is 701 g/mol. The first-order valence-electron chi connectivity index (χ1n) is 20.5. The summed E-state index contributed by atoms with van der Waals surface area (Å²) in [6.07, 6.45) is 44.7. The fraction of sp³-hybridized carbons (Fsp3) is 0.744. The number of carboxylic acid groups (broad SMARTS) is 1. The first-order valence-corrected chi connectivity index (χ1v) is 20.5. The number of aliphatic carboxylic acids is 1. The molecule has 2 atom stereocenters. The first-order chi connectivity index (χ1) is 24.4. The minimum absolute atomic E-state index is 0.113. The molecule has 0 rings (SSSR count). The molecule has 0 spiro atoms. The number of hydrogen-bond donors (Lipinski definition) is 3. The Kier molecular flexibility index (Phi) is 35.6. The van der Waals surface area contributed by atoms with E-state index in [0.717, 1.165) is 64.2 Å². The molecular formula is C43H76N2O5. The topological polar surface area (TPSA) is 119 Å². The molecule has 4 N–H and O–H groups in total. The van der Waals surface area contributed by atoms with Crippen LogP contribution in [0.15, 0.2) is 48.6 Å². The maximum absolute atomic E-state index is 12.7.